The number of amides is 1. The van der Waals surface area contributed by atoms with Crippen LogP contribution in [-0.4, -0.2) is 74.4 Å². The summed E-state index contributed by atoms with van der Waals surface area (Å²) in [5.74, 6) is 2.04. The third kappa shape index (κ3) is 3.77. The zero-order chi connectivity index (χ0) is 27.1. The number of nitrogens with one attached hydrogen (secondary N) is 1. The van der Waals surface area contributed by atoms with E-state index in [-0.39, 0.29) is 17.6 Å². The van der Waals surface area contributed by atoms with Crippen molar-refractivity contribution >= 4 is 28.0 Å². The largest absolute Gasteiger partial charge is 0.494 e. The van der Waals surface area contributed by atoms with Crippen molar-refractivity contribution in [2.24, 2.45) is 5.92 Å². The summed E-state index contributed by atoms with van der Waals surface area (Å²) in [6.45, 7) is 8.74. The van der Waals surface area contributed by atoms with Gasteiger partial charge >= 0.3 is 0 Å². The van der Waals surface area contributed by atoms with E-state index in [1.54, 1.807) is 14.2 Å². The van der Waals surface area contributed by atoms with Crippen LogP contribution in [0.3, 0.4) is 0 Å². The van der Waals surface area contributed by atoms with Crippen LogP contribution in [0.1, 0.15) is 44.0 Å². The van der Waals surface area contributed by atoms with E-state index < -0.39 is 0 Å². The van der Waals surface area contributed by atoms with Gasteiger partial charge in [0.05, 0.1) is 23.9 Å². The SMILES string of the molecule is CCn1c(-c2nc3cc(C(=O)N4C[C@H]5N[C@H]5[C@H]4C)cc(OC)c3n2CC2CC(C)(OC)C2)cc2cccnc21. The topological polar surface area (TPSA) is 96.4 Å². The summed E-state index contributed by atoms with van der Waals surface area (Å²) in [6, 6.07) is 11.1. The smallest absolute Gasteiger partial charge is 0.254 e. The number of rotatable bonds is 7. The second kappa shape index (κ2) is 8.79. The number of methoxy groups -OCH3 is 2. The monoisotopic (exact) mass is 528 g/mol. The Morgan fingerprint density at radius 1 is 1.21 bits per heavy atom. The molecule has 3 fully saturated rings. The highest BCUT2D eigenvalue weighted by Gasteiger charge is 2.51. The molecule has 0 spiro atoms. The lowest BCUT2D eigenvalue weighted by Crippen LogP contribution is -2.44. The van der Waals surface area contributed by atoms with E-state index in [0.717, 1.165) is 66.1 Å². The molecular weight excluding hydrogens is 492 g/mol. The van der Waals surface area contributed by atoms with Gasteiger partial charge in [-0.2, -0.15) is 0 Å². The molecular formula is C30H36N6O3. The number of piperazine rings is 1. The Bertz CT molecular complexity index is 1600. The molecule has 5 heterocycles. The average molecular weight is 529 g/mol. The van der Waals surface area contributed by atoms with Gasteiger partial charge in [-0.25, -0.2) is 9.97 Å². The number of carbonyl (C=O) groups is 1. The zero-order valence-corrected chi connectivity index (χ0v) is 23.3. The number of carbonyl (C=O) groups excluding carboxylic acids is 1. The van der Waals surface area contributed by atoms with E-state index in [1.807, 2.05) is 29.3 Å². The summed E-state index contributed by atoms with van der Waals surface area (Å²) in [5, 5.41) is 4.53. The van der Waals surface area contributed by atoms with E-state index >= 15 is 0 Å². The van der Waals surface area contributed by atoms with Crippen molar-refractivity contribution in [3.8, 4) is 17.3 Å². The maximum absolute atomic E-state index is 13.6. The highest BCUT2D eigenvalue weighted by atomic mass is 16.5. The van der Waals surface area contributed by atoms with Crippen molar-refractivity contribution in [2.45, 2.75) is 70.4 Å². The molecule has 3 aliphatic rings. The highest BCUT2D eigenvalue weighted by Crippen LogP contribution is 2.43. The average Bonchev–Trinajstić information content (AvgIpc) is 3.31. The van der Waals surface area contributed by atoms with Gasteiger partial charge in [0.2, 0.25) is 0 Å². The molecule has 4 aromatic rings. The normalized spacial score (nSPS) is 27.7. The molecule has 1 amide bonds. The van der Waals surface area contributed by atoms with Gasteiger partial charge in [0, 0.05) is 62.0 Å². The summed E-state index contributed by atoms with van der Waals surface area (Å²) >= 11 is 0. The number of imidazole rings is 1. The number of nitrogens with zero attached hydrogens (tertiary/aromatic N) is 5. The van der Waals surface area contributed by atoms with Gasteiger partial charge in [0.1, 0.15) is 16.9 Å². The van der Waals surface area contributed by atoms with Crippen molar-refractivity contribution in [1.29, 1.82) is 0 Å². The quantitative estimate of drug-likeness (QED) is 0.363. The Labute approximate surface area is 228 Å². The van der Waals surface area contributed by atoms with Crippen LogP contribution in [-0.2, 0) is 17.8 Å². The number of hydrogen-bond acceptors (Lipinski definition) is 6. The molecule has 1 saturated carbocycles. The van der Waals surface area contributed by atoms with Crippen LogP contribution in [0, 0.1) is 5.92 Å². The summed E-state index contributed by atoms with van der Waals surface area (Å²) in [7, 11) is 3.47. The van der Waals surface area contributed by atoms with E-state index in [9.17, 15) is 4.79 Å². The number of likely N-dealkylation sites (tertiary alicyclic amines) is 1. The van der Waals surface area contributed by atoms with Crippen LogP contribution < -0.4 is 10.1 Å². The summed E-state index contributed by atoms with van der Waals surface area (Å²) < 4.78 is 16.2. The van der Waals surface area contributed by atoms with Gasteiger partial charge in [-0.3, -0.25) is 4.79 Å². The minimum absolute atomic E-state index is 0.0366. The maximum Gasteiger partial charge on any atom is 0.254 e. The Hall–Kier alpha value is -3.43. The molecule has 204 valence electrons. The first-order valence-electron chi connectivity index (χ1n) is 14.0. The first-order chi connectivity index (χ1) is 18.8. The minimum Gasteiger partial charge on any atom is -0.494 e. The lowest BCUT2D eigenvalue weighted by molar-refractivity contribution is -0.0937. The third-order valence-corrected chi connectivity index (χ3v) is 9.25. The lowest BCUT2D eigenvalue weighted by Gasteiger charge is -2.44. The predicted octanol–water partition coefficient (Wildman–Crippen LogP) is 4.08. The fraction of sp³-hybridized carbons (Fsp3) is 0.500. The molecule has 3 atom stereocenters. The van der Waals surface area contributed by atoms with E-state index in [0.29, 0.717) is 29.3 Å². The molecule has 0 radical (unpaired) electrons. The Kier molecular flexibility index (Phi) is 5.55. The molecule has 1 N–H and O–H groups in total. The van der Waals surface area contributed by atoms with Gasteiger partial charge in [0.25, 0.3) is 5.91 Å². The van der Waals surface area contributed by atoms with E-state index in [2.05, 4.69) is 52.3 Å². The number of fused-ring (bicyclic) bond motifs is 3. The van der Waals surface area contributed by atoms with Gasteiger partial charge in [-0.1, -0.05) is 0 Å². The second-order valence-electron chi connectivity index (χ2n) is 11.7. The van der Waals surface area contributed by atoms with Gasteiger partial charge < -0.3 is 28.8 Å². The zero-order valence-electron chi connectivity index (χ0n) is 23.3. The van der Waals surface area contributed by atoms with Crippen molar-refractivity contribution in [2.75, 3.05) is 20.8 Å². The van der Waals surface area contributed by atoms with Crippen molar-refractivity contribution in [3.05, 3.63) is 42.1 Å². The molecule has 0 unspecified atom stereocenters. The number of aromatic nitrogens is 4. The fourth-order valence-corrected chi connectivity index (χ4v) is 7.03. The number of benzene rings is 1. The molecule has 1 aromatic carbocycles. The highest BCUT2D eigenvalue weighted by molar-refractivity contribution is 6.00. The molecule has 9 heteroatoms. The standard InChI is InChI=1S/C30H36N6O3/c1-6-34-23(11-19-8-7-9-31-27(19)34)28-33-21-10-20(29(37)35-16-22-25(32-22)17(35)2)12-24(38-4)26(21)36(28)15-18-13-30(3,14-18)39-5/h7-12,17-18,22,25,32H,6,13-16H2,1-5H3/t17-,18?,22-,25+,30?/m1/s1. The fourth-order valence-electron chi connectivity index (χ4n) is 7.03. The molecule has 39 heavy (non-hydrogen) atoms. The van der Waals surface area contributed by atoms with Gasteiger partial charge in [-0.15, -0.1) is 0 Å². The first-order valence-corrected chi connectivity index (χ1v) is 14.0. The molecule has 2 saturated heterocycles. The van der Waals surface area contributed by atoms with Crippen molar-refractivity contribution in [3.63, 3.8) is 0 Å². The van der Waals surface area contributed by atoms with E-state index in [1.165, 1.54) is 0 Å². The molecule has 3 aromatic heterocycles. The maximum atomic E-state index is 13.6. The van der Waals surface area contributed by atoms with Crippen LogP contribution in [0.2, 0.25) is 0 Å². The predicted molar refractivity (Wildman–Crippen MR) is 150 cm³/mol. The first kappa shape index (κ1) is 24.6. The van der Waals surface area contributed by atoms with Crippen LogP contribution in [0.25, 0.3) is 33.6 Å². The van der Waals surface area contributed by atoms with Gasteiger partial charge in [0.15, 0.2) is 5.82 Å². The molecule has 9 nitrogen and oxygen atoms in total. The van der Waals surface area contributed by atoms with Crippen LogP contribution >= 0.6 is 0 Å². The van der Waals surface area contributed by atoms with Gasteiger partial charge in [-0.05, 0) is 69.9 Å². The summed E-state index contributed by atoms with van der Waals surface area (Å²) in [4.78, 5) is 25.5. The lowest BCUT2D eigenvalue weighted by atomic mass is 9.72. The van der Waals surface area contributed by atoms with Crippen LogP contribution in [0.15, 0.2) is 36.5 Å². The van der Waals surface area contributed by atoms with Crippen LogP contribution in [0.4, 0.5) is 0 Å². The molecule has 1 aliphatic carbocycles. The Morgan fingerprint density at radius 3 is 2.72 bits per heavy atom. The summed E-state index contributed by atoms with van der Waals surface area (Å²) in [5.41, 5.74) is 4.21. The third-order valence-electron chi connectivity index (χ3n) is 9.25. The molecule has 2 aliphatic heterocycles. The van der Waals surface area contributed by atoms with Crippen LogP contribution in [0.5, 0.6) is 5.75 Å². The number of pyridine rings is 1. The minimum atomic E-state index is -0.0743. The molecule has 7 rings (SSSR count). The number of aryl methyl sites for hydroxylation is 1. The number of hydrogen-bond donors (Lipinski definition) is 1. The Balaban J connectivity index is 1.37. The number of ether oxygens (including phenoxy) is 2. The van der Waals surface area contributed by atoms with E-state index in [4.69, 9.17) is 14.5 Å². The Morgan fingerprint density at radius 2 is 2.03 bits per heavy atom. The van der Waals surface area contributed by atoms with Crippen molar-refractivity contribution in [1.82, 2.24) is 29.3 Å². The molecule has 0 bridgehead atoms. The second-order valence-corrected chi connectivity index (χ2v) is 11.7. The van der Waals surface area contributed by atoms with Crippen molar-refractivity contribution < 1.29 is 14.3 Å². The summed E-state index contributed by atoms with van der Waals surface area (Å²) in [6.07, 6.45) is 3.81.